The predicted molar refractivity (Wildman–Crippen MR) is 111 cm³/mol. The van der Waals surface area contributed by atoms with Crippen molar-refractivity contribution in [1.82, 2.24) is 25.5 Å². The second-order valence-corrected chi connectivity index (χ2v) is 9.77. The van der Waals surface area contributed by atoms with Crippen LogP contribution >= 0.6 is 0 Å². The Morgan fingerprint density at radius 1 is 1.17 bits per heavy atom. The highest BCUT2D eigenvalue weighted by molar-refractivity contribution is 5.76. The summed E-state index contributed by atoms with van der Waals surface area (Å²) in [4.78, 5) is 14.3. The number of aryl methyl sites for hydroxylation is 1. The zero-order valence-corrected chi connectivity index (χ0v) is 17.5. The molecule has 4 fully saturated rings. The SMILES string of the molecule is CCC(NC(=O)Cn1nnc(-c2ccccc2C)n1)C12CC3CC(CC(C3)C1)C2. The molecule has 0 spiro atoms. The van der Waals surface area contributed by atoms with Gasteiger partial charge in [-0.3, -0.25) is 4.79 Å². The molecule has 4 aliphatic carbocycles. The second-order valence-electron chi connectivity index (χ2n) is 9.77. The van der Waals surface area contributed by atoms with Crippen molar-refractivity contribution in [2.75, 3.05) is 0 Å². The summed E-state index contributed by atoms with van der Waals surface area (Å²) in [6.07, 6.45) is 9.18. The van der Waals surface area contributed by atoms with Crippen LogP contribution in [-0.4, -0.2) is 32.2 Å². The molecule has 6 nitrogen and oxygen atoms in total. The van der Waals surface area contributed by atoms with E-state index in [4.69, 9.17) is 0 Å². The maximum Gasteiger partial charge on any atom is 0.243 e. The third-order valence-electron chi connectivity index (χ3n) is 7.69. The molecule has 1 unspecified atom stereocenters. The van der Waals surface area contributed by atoms with Gasteiger partial charge in [-0.25, -0.2) is 0 Å². The van der Waals surface area contributed by atoms with Gasteiger partial charge in [0.05, 0.1) is 0 Å². The number of amides is 1. The summed E-state index contributed by atoms with van der Waals surface area (Å²) >= 11 is 0. The van der Waals surface area contributed by atoms with Crippen LogP contribution in [0.25, 0.3) is 11.4 Å². The van der Waals surface area contributed by atoms with E-state index in [1.807, 2.05) is 31.2 Å². The molecular formula is C23H31N5O. The normalized spacial score (nSPS) is 31.0. The van der Waals surface area contributed by atoms with Gasteiger partial charge in [0.25, 0.3) is 0 Å². The van der Waals surface area contributed by atoms with E-state index in [9.17, 15) is 4.79 Å². The number of carbonyl (C=O) groups excluding carboxylic acids is 1. The number of hydrogen-bond acceptors (Lipinski definition) is 4. The number of rotatable bonds is 6. The number of tetrazole rings is 1. The van der Waals surface area contributed by atoms with E-state index >= 15 is 0 Å². The van der Waals surface area contributed by atoms with Gasteiger partial charge in [0.2, 0.25) is 11.7 Å². The van der Waals surface area contributed by atoms with Gasteiger partial charge < -0.3 is 5.32 Å². The lowest BCUT2D eigenvalue weighted by Gasteiger charge is -2.59. The van der Waals surface area contributed by atoms with Crippen LogP contribution in [0.1, 0.15) is 57.4 Å². The van der Waals surface area contributed by atoms with Crippen LogP contribution in [0.15, 0.2) is 24.3 Å². The van der Waals surface area contributed by atoms with E-state index in [-0.39, 0.29) is 18.5 Å². The van der Waals surface area contributed by atoms with Crippen molar-refractivity contribution >= 4 is 5.91 Å². The molecule has 1 N–H and O–H groups in total. The van der Waals surface area contributed by atoms with Crippen LogP contribution in [0.4, 0.5) is 0 Å². The average molecular weight is 394 g/mol. The Hall–Kier alpha value is -2.24. The summed E-state index contributed by atoms with van der Waals surface area (Å²) < 4.78 is 0. The fourth-order valence-electron chi connectivity index (χ4n) is 6.90. The van der Waals surface area contributed by atoms with Gasteiger partial charge in [-0.15, -0.1) is 10.2 Å². The monoisotopic (exact) mass is 393 g/mol. The summed E-state index contributed by atoms with van der Waals surface area (Å²) in [5.74, 6) is 3.24. The first-order valence-corrected chi connectivity index (χ1v) is 11.2. The summed E-state index contributed by atoms with van der Waals surface area (Å²) in [6.45, 7) is 4.37. The summed E-state index contributed by atoms with van der Waals surface area (Å²) in [5, 5.41) is 16.1. The van der Waals surface area contributed by atoms with Crippen molar-refractivity contribution in [3.05, 3.63) is 29.8 Å². The largest absolute Gasteiger partial charge is 0.351 e. The number of hydrogen-bond donors (Lipinski definition) is 1. The van der Waals surface area contributed by atoms with E-state index in [2.05, 4.69) is 27.7 Å². The first-order chi connectivity index (χ1) is 14.0. The maximum absolute atomic E-state index is 12.8. The highest BCUT2D eigenvalue weighted by atomic mass is 16.2. The minimum absolute atomic E-state index is 0.00123. The molecule has 0 saturated heterocycles. The van der Waals surface area contributed by atoms with E-state index < -0.39 is 0 Å². The average Bonchev–Trinajstić information content (AvgIpc) is 3.13. The van der Waals surface area contributed by atoms with Gasteiger partial charge in [0, 0.05) is 11.6 Å². The van der Waals surface area contributed by atoms with Gasteiger partial charge in [0.1, 0.15) is 6.54 Å². The summed E-state index contributed by atoms with van der Waals surface area (Å²) in [6, 6.07) is 8.23. The molecule has 154 valence electrons. The van der Waals surface area contributed by atoms with Gasteiger partial charge in [-0.1, -0.05) is 31.2 Å². The quantitative estimate of drug-likeness (QED) is 0.811. The number of aromatic nitrogens is 4. The minimum Gasteiger partial charge on any atom is -0.351 e. The van der Waals surface area contributed by atoms with Crippen molar-refractivity contribution in [1.29, 1.82) is 0 Å². The van der Waals surface area contributed by atoms with Crippen molar-refractivity contribution in [3.8, 4) is 11.4 Å². The van der Waals surface area contributed by atoms with E-state index in [0.29, 0.717) is 11.2 Å². The van der Waals surface area contributed by atoms with Crippen LogP contribution in [0.5, 0.6) is 0 Å². The smallest absolute Gasteiger partial charge is 0.243 e. The maximum atomic E-state index is 12.8. The lowest BCUT2D eigenvalue weighted by atomic mass is 9.47. The van der Waals surface area contributed by atoms with Crippen LogP contribution in [0.3, 0.4) is 0 Å². The highest BCUT2D eigenvalue weighted by Crippen LogP contribution is 2.61. The molecule has 1 heterocycles. The Bertz CT molecular complexity index is 869. The molecule has 29 heavy (non-hydrogen) atoms. The van der Waals surface area contributed by atoms with E-state index in [1.165, 1.54) is 43.3 Å². The molecule has 0 radical (unpaired) electrons. The molecule has 1 atom stereocenters. The molecule has 4 aliphatic rings. The molecule has 6 rings (SSSR count). The van der Waals surface area contributed by atoms with Crippen molar-refractivity contribution in [2.24, 2.45) is 23.2 Å². The summed E-state index contributed by atoms with van der Waals surface area (Å²) in [5.41, 5.74) is 2.38. The van der Waals surface area contributed by atoms with Crippen LogP contribution in [0, 0.1) is 30.1 Å². The predicted octanol–water partition coefficient (Wildman–Crippen LogP) is 3.76. The van der Waals surface area contributed by atoms with E-state index in [0.717, 1.165) is 35.3 Å². The number of carbonyl (C=O) groups is 1. The Morgan fingerprint density at radius 2 is 1.83 bits per heavy atom. The fourth-order valence-corrected chi connectivity index (χ4v) is 6.90. The van der Waals surface area contributed by atoms with Gasteiger partial charge in [-0.05, 0) is 85.8 Å². The van der Waals surface area contributed by atoms with Gasteiger partial charge in [-0.2, -0.15) is 4.80 Å². The minimum atomic E-state index is 0.00123. The highest BCUT2D eigenvalue weighted by Gasteiger charge is 2.54. The second kappa shape index (κ2) is 7.22. The number of nitrogens with zero attached hydrogens (tertiary/aromatic N) is 4. The molecule has 1 amide bonds. The Labute approximate surface area is 172 Å². The Morgan fingerprint density at radius 3 is 2.45 bits per heavy atom. The molecule has 0 aliphatic heterocycles. The Kier molecular flexibility index (Phi) is 4.67. The lowest BCUT2D eigenvalue weighted by Crippen LogP contribution is -2.57. The molecule has 1 aromatic heterocycles. The topological polar surface area (TPSA) is 72.7 Å². The van der Waals surface area contributed by atoms with E-state index in [1.54, 1.807) is 0 Å². The van der Waals surface area contributed by atoms with Gasteiger partial charge >= 0.3 is 0 Å². The van der Waals surface area contributed by atoms with Crippen molar-refractivity contribution in [2.45, 2.75) is 71.4 Å². The zero-order valence-electron chi connectivity index (χ0n) is 17.5. The first-order valence-electron chi connectivity index (χ1n) is 11.2. The number of nitrogens with one attached hydrogen (secondary N) is 1. The third-order valence-corrected chi connectivity index (χ3v) is 7.69. The molecule has 4 saturated carbocycles. The molecule has 2 aromatic rings. The Balaban J connectivity index is 1.26. The fraction of sp³-hybridized carbons (Fsp3) is 0.652. The van der Waals surface area contributed by atoms with Crippen LogP contribution in [0.2, 0.25) is 0 Å². The lowest BCUT2D eigenvalue weighted by molar-refractivity contribution is -0.127. The van der Waals surface area contributed by atoms with Crippen LogP contribution in [-0.2, 0) is 11.3 Å². The third kappa shape index (κ3) is 3.47. The zero-order chi connectivity index (χ0) is 20.0. The molecule has 4 bridgehead atoms. The standard InChI is InChI=1S/C23H31N5O/c1-3-20(23-11-16-8-17(12-23)10-18(9-16)13-23)24-21(29)14-28-26-22(25-27-28)19-7-5-4-6-15(19)2/h4-7,16-18,20H,3,8-14H2,1-2H3,(H,24,29). The molecule has 1 aromatic carbocycles. The first kappa shape index (κ1) is 18.8. The van der Waals surface area contributed by atoms with Crippen molar-refractivity contribution in [3.63, 3.8) is 0 Å². The number of benzene rings is 1. The van der Waals surface area contributed by atoms with Crippen molar-refractivity contribution < 1.29 is 4.79 Å². The summed E-state index contributed by atoms with van der Waals surface area (Å²) in [7, 11) is 0. The van der Waals surface area contributed by atoms with Crippen LogP contribution < -0.4 is 5.32 Å². The molecular weight excluding hydrogens is 362 g/mol. The van der Waals surface area contributed by atoms with Gasteiger partial charge in [0.15, 0.2) is 0 Å². The molecule has 6 heteroatoms.